The van der Waals surface area contributed by atoms with Crippen molar-refractivity contribution in [3.05, 3.63) is 71.8 Å². The van der Waals surface area contributed by atoms with Crippen LogP contribution in [-0.2, 0) is 0 Å². The number of nitrogens with one attached hydrogen (secondary N) is 1. The monoisotopic (exact) mass is 348 g/mol. The normalized spacial score (nSPS) is 14.0. The number of hydrazone groups is 1. The van der Waals surface area contributed by atoms with Crippen molar-refractivity contribution in [1.29, 1.82) is 0 Å². The first-order chi connectivity index (χ1) is 12.3. The van der Waals surface area contributed by atoms with Crippen LogP contribution in [0.5, 0.6) is 5.75 Å². The number of rotatable bonds is 4. The molecule has 25 heavy (non-hydrogen) atoms. The van der Waals surface area contributed by atoms with Crippen LogP contribution in [0, 0.1) is 0 Å². The van der Waals surface area contributed by atoms with E-state index in [0.29, 0.717) is 12.2 Å². The van der Waals surface area contributed by atoms with Gasteiger partial charge in [0.2, 0.25) is 0 Å². The van der Waals surface area contributed by atoms with E-state index in [1.54, 1.807) is 23.9 Å². The average molecular weight is 348 g/mol. The maximum atomic E-state index is 12.2. The van der Waals surface area contributed by atoms with Gasteiger partial charge >= 0.3 is 0 Å². The molecule has 4 nitrogen and oxygen atoms in total. The number of carbonyl (C=O) groups excluding carboxylic acids is 1. The second kappa shape index (κ2) is 6.61. The van der Waals surface area contributed by atoms with Gasteiger partial charge in [-0.1, -0.05) is 42.1 Å². The Morgan fingerprint density at radius 3 is 2.72 bits per heavy atom. The Morgan fingerprint density at radius 2 is 1.92 bits per heavy atom. The number of carbonyl (C=O) groups is 1. The molecule has 0 saturated carbocycles. The van der Waals surface area contributed by atoms with Gasteiger partial charge in [0.1, 0.15) is 10.8 Å². The van der Waals surface area contributed by atoms with Gasteiger partial charge in [-0.2, -0.15) is 5.10 Å². The number of ether oxygens (including phenoxy) is 1. The third-order valence-corrected chi connectivity index (χ3v) is 5.06. The van der Waals surface area contributed by atoms with Crippen LogP contribution in [-0.4, -0.2) is 17.6 Å². The van der Waals surface area contributed by atoms with Gasteiger partial charge in [0.05, 0.1) is 6.61 Å². The Labute approximate surface area is 149 Å². The van der Waals surface area contributed by atoms with Crippen molar-refractivity contribution < 1.29 is 9.53 Å². The fourth-order valence-corrected chi connectivity index (χ4v) is 3.94. The molecule has 1 N–H and O–H groups in total. The molecule has 0 radical (unpaired) electrons. The summed E-state index contributed by atoms with van der Waals surface area (Å²) in [6, 6.07) is 19.2. The van der Waals surface area contributed by atoms with Gasteiger partial charge in [0, 0.05) is 26.8 Å². The lowest BCUT2D eigenvalue weighted by molar-refractivity contribution is 0.0955. The highest BCUT2D eigenvalue weighted by molar-refractivity contribution is 8.15. The quantitative estimate of drug-likeness (QED) is 0.709. The zero-order chi connectivity index (χ0) is 17.2. The maximum Gasteiger partial charge on any atom is 0.271 e. The standard InChI is InChI=1S/C20H16N2O2S/c1-2-24-16-12-11-15-18-14(16)9-6-10-17(18)25-20(15)22-21-19(23)13-7-4-3-5-8-13/h3-12H,2H2,1H3,(H,21,23). The molecule has 124 valence electrons. The Morgan fingerprint density at radius 1 is 1.08 bits per heavy atom. The summed E-state index contributed by atoms with van der Waals surface area (Å²) in [5, 5.41) is 7.35. The molecule has 1 aliphatic rings. The Kier molecular flexibility index (Phi) is 4.15. The van der Waals surface area contributed by atoms with Crippen molar-refractivity contribution in [2.45, 2.75) is 11.8 Å². The van der Waals surface area contributed by atoms with Crippen LogP contribution in [0.1, 0.15) is 22.8 Å². The highest BCUT2D eigenvalue weighted by atomic mass is 32.2. The molecular weight excluding hydrogens is 332 g/mol. The highest BCUT2D eigenvalue weighted by Gasteiger charge is 2.23. The van der Waals surface area contributed by atoms with Crippen LogP contribution in [0.15, 0.2) is 70.7 Å². The van der Waals surface area contributed by atoms with Crippen LogP contribution in [0.3, 0.4) is 0 Å². The summed E-state index contributed by atoms with van der Waals surface area (Å²) in [6.07, 6.45) is 0. The maximum absolute atomic E-state index is 12.2. The van der Waals surface area contributed by atoms with Crippen LogP contribution in [0.4, 0.5) is 0 Å². The Hall–Kier alpha value is -2.79. The van der Waals surface area contributed by atoms with Crippen molar-refractivity contribution in [1.82, 2.24) is 5.43 Å². The van der Waals surface area contributed by atoms with Crippen LogP contribution in [0.25, 0.3) is 10.8 Å². The lowest BCUT2D eigenvalue weighted by Crippen LogP contribution is -2.18. The summed E-state index contributed by atoms with van der Waals surface area (Å²) in [5.74, 6) is 0.658. The molecule has 1 amide bonds. The van der Waals surface area contributed by atoms with Crippen molar-refractivity contribution in [3.63, 3.8) is 0 Å². The minimum atomic E-state index is -0.216. The molecular formula is C20H16N2O2S. The number of amides is 1. The number of thioether (sulfide) groups is 1. The second-order valence-electron chi connectivity index (χ2n) is 5.55. The van der Waals surface area contributed by atoms with Crippen molar-refractivity contribution in [2.75, 3.05) is 6.61 Å². The molecule has 0 atom stereocenters. The molecule has 0 aromatic heterocycles. The van der Waals surface area contributed by atoms with E-state index in [2.05, 4.69) is 22.7 Å². The van der Waals surface area contributed by atoms with Crippen LogP contribution >= 0.6 is 11.8 Å². The van der Waals surface area contributed by atoms with Gasteiger partial charge in [-0.05, 0) is 37.3 Å². The number of hydrogen-bond donors (Lipinski definition) is 1. The van der Waals surface area contributed by atoms with Crippen LogP contribution < -0.4 is 10.2 Å². The highest BCUT2D eigenvalue weighted by Crippen LogP contribution is 2.43. The smallest absolute Gasteiger partial charge is 0.271 e. The molecule has 1 heterocycles. The molecule has 0 saturated heterocycles. The first-order valence-electron chi connectivity index (χ1n) is 8.07. The molecule has 1 aliphatic heterocycles. The zero-order valence-electron chi connectivity index (χ0n) is 13.7. The second-order valence-corrected chi connectivity index (χ2v) is 6.58. The Balaban J connectivity index is 1.68. The Bertz CT molecular complexity index is 984. The van der Waals surface area contributed by atoms with E-state index >= 15 is 0 Å². The van der Waals surface area contributed by atoms with E-state index in [4.69, 9.17) is 4.74 Å². The minimum Gasteiger partial charge on any atom is -0.493 e. The summed E-state index contributed by atoms with van der Waals surface area (Å²) >= 11 is 1.56. The largest absolute Gasteiger partial charge is 0.493 e. The SMILES string of the molecule is CCOc1ccc2c3c(cccc13)SC2=NNC(=O)c1ccccc1. The molecule has 0 spiro atoms. The van der Waals surface area contributed by atoms with E-state index < -0.39 is 0 Å². The third-order valence-electron chi connectivity index (χ3n) is 3.99. The van der Waals surface area contributed by atoms with Gasteiger partial charge in [-0.3, -0.25) is 4.79 Å². The fraction of sp³-hybridized carbons (Fsp3) is 0.100. The number of hydrogen-bond acceptors (Lipinski definition) is 4. The summed E-state index contributed by atoms with van der Waals surface area (Å²) in [5.41, 5.74) is 4.26. The summed E-state index contributed by atoms with van der Waals surface area (Å²) in [6.45, 7) is 2.60. The molecule has 3 aromatic rings. The third kappa shape index (κ3) is 2.87. The first kappa shape index (κ1) is 15.7. The molecule has 4 rings (SSSR count). The molecule has 0 bridgehead atoms. The van der Waals surface area contributed by atoms with Crippen molar-refractivity contribution in [3.8, 4) is 5.75 Å². The summed E-state index contributed by atoms with van der Waals surface area (Å²) in [7, 11) is 0. The minimum absolute atomic E-state index is 0.216. The van der Waals surface area contributed by atoms with E-state index in [0.717, 1.165) is 32.0 Å². The molecule has 0 fully saturated rings. The number of nitrogens with zero attached hydrogens (tertiary/aromatic N) is 1. The van der Waals surface area contributed by atoms with Gasteiger partial charge in [-0.25, -0.2) is 5.43 Å². The lowest BCUT2D eigenvalue weighted by atomic mass is 10.0. The predicted molar refractivity (Wildman–Crippen MR) is 101 cm³/mol. The molecule has 0 unspecified atom stereocenters. The molecule has 5 heteroatoms. The van der Waals surface area contributed by atoms with E-state index in [-0.39, 0.29) is 5.91 Å². The lowest BCUT2D eigenvalue weighted by Gasteiger charge is -2.08. The zero-order valence-corrected chi connectivity index (χ0v) is 14.5. The van der Waals surface area contributed by atoms with Gasteiger partial charge in [-0.15, -0.1) is 0 Å². The van der Waals surface area contributed by atoms with E-state index in [9.17, 15) is 4.79 Å². The van der Waals surface area contributed by atoms with E-state index in [1.165, 1.54) is 0 Å². The van der Waals surface area contributed by atoms with Gasteiger partial charge in [0.25, 0.3) is 5.91 Å². The summed E-state index contributed by atoms with van der Waals surface area (Å²) in [4.78, 5) is 13.3. The van der Waals surface area contributed by atoms with Crippen molar-refractivity contribution in [2.24, 2.45) is 5.10 Å². The summed E-state index contributed by atoms with van der Waals surface area (Å²) < 4.78 is 5.73. The average Bonchev–Trinajstić information content (AvgIpc) is 3.02. The van der Waals surface area contributed by atoms with E-state index in [1.807, 2.05) is 43.3 Å². The van der Waals surface area contributed by atoms with Gasteiger partial charge < -0.3 is 4.74 Å². The molecule has 0 aliphatic carbocycles. The fourth-order valence-electron chi connectivity index (χ4n) is 2.89. The van der Waals surface area contributed by atoms with Crippen molar-refractivity contribution >= 4 is 33.5 Å². The molecule has 3 aromatic carbocycles. The first-order valence-corrected chi connectivity index (χ1v) is 8.89. The van der Waals surface area contributed by atoms with Gasteiger partial charge in [0.15, 0.2) is 0 Å². The van der Waals surface area contributed by atoms with Crippen LogP contribution in [0.2, 0.25) is 0 Å². The number of benzene rings is 3. The topological polar surface area (TPSA) is 50.7 Å². The predicted octanol–water partition coefficient (Wildman–Crippen LogP) is 4.44.